The molecule has 0 bridgehead atoms. The van der Waals surface area contributed by atoms with Gasteiger partial charge >= 0.3 is 0 Å². The van der Waals surface area contributed by atoms with Crippen LogP contribution in [0.5, 0.6) is 0 Å². The highest BCUT2D eigenvalue weighted by atomic mass is 16.5. The molecule has 3 unspecified atom stereocenters. The summed E-state index contributed by atoms with van der Waals surface area (Å²) in [5.41, 5.74) is 0. The number of hydrogen-bond donors (Lipinski definition) is 2. The van der Waals surface area contributed by atoms with Gasteiger partial charge in [0.25, 0.3) is 0 Å². The smallest absolute Gasteiger partial charge is 0.109 e. The van der Waals surface area contributed by atoms with Gasteiger partial charge in [0, 0.05) is 13.1 Å². The fourth-order valence-corrected chi connectivity index (χ4v) is 1.82. The van der Waals surface area contributed by atoms with E-state index in [0.717, 1.165) is 32.3 Å². The Kier molecular flexibility index (Phi) is 4.92. The highest BCUT2D eigenvalue weighted by Gasteiger charge is 2.32. The average Bonchev–Trinajstić information content (AvgIpc) is 2.89. The lowest BCUT2D eigenvalue weighted by atomic mass is 9.96. The quantitative estimate of drug-likeness (QED) is 0.646. The first kappa shape index (κ1) is 12.0. The molecule has 1 saturated carbocycles. The third-order valence-electron chi connectivity index (χ3n) is 2.79. The van der Waals surface area contributed by atoms with Crippen LogP contribution in [0.3, 0.4) is 0 Å². The molecule has 0 aromatic carbocycles. The summed E-state index contributed by atoms with van der Waals surface area (Å²) >= 11 is 0. The van der Waals surface area contributed by atoms with Gasteiger partial charge in [0.2, 0.25) is 0 Å². The summed E-state index contributed by atoms with van der Waals surface area (Å²) in [6.07, 6.45) is 5.05. The Hall–Kier alpha value is -0.0551. The first-order valence-corrected chi connectivity index (χ1v) is 5.29. The van der Waals surface area contributed by atoms with E-state index >= 15 is 0 Å². The molecule has 1 saturated heterocycles. The van der Waals surface area contributed by atoms with Crippen molar-refractivity contribution in [3.05, 3.63) is 0 Å². The van der Waals surface area contributed by atoms with Gasteiger partial charge in [-0.1, -0.05) is 12.8 Å². The molecule has 0 aromatic rings. The fraction of sp³-hybridized carbons (Fsp3) is 1.00. The number of ether oxygens (including phenoxy) is 1. The fourth-order valence-electron chi connectivity index (χ4n) is 1.82. The topological polar surface area (TPSA) is 49.7 Å². The molecule has 0 aromatic heterocycles. The molecule has 0 spiro atoms. The van der Waals surface area contributed by atoms with Gasteiger partial charge in [-0.2, -0.15) is 0 Å². The molecule has 2 aliphatic rings. The van der Waals surface area contributed by atoms with Crippen LogP contribution < -0.4 is 0 Å². The summed E-state index contributed by atoms with van der Waals surface area (Å²) in [5, 5.41) is 16.7. The number of aliphatic hydroxyl groups is 2. The van der Waals surface area contributed by atoms with E-state index < -0.39 is 0 Å². The van der Waals surface area contributed by atoms with Crippen LogP contribution in [0.1, 0.15) is 32.1 Å². The molecule has 2 N–H and O–H groups in total. The second-order valence-corrected chi connectivity index (χ2v) is 4.04. The molecule has 3 atom stereocenters. The molecule has 1 heterocycles. The van der Waals surface area contributed by atoms with Crippen LogP contribution in [-0.2, 0) is 4.74 Å². The number of rotatable bonds is 3. The Labute approximate surface area is 86.9 Å². The normalized spacial score (nSPS) is 33.4. The molecular weight excluding hydrogens is 179 g/mol. The molecule has 2 radical (unpaired) electrons. The van der Waals surface area contributed by atoms with E-state index in [1.807, 2.05) is 0 Å². The summed E-state index contributed by atoms with van der Waals surface area (Å²) in [4.78, 5) is 0. The highest BCUT2D eigenvalue weighted by molar-refractivity contribution is 6.11. The standard InChI is InChI=1S/C9H15BO2.CH4O/c10-9-4-3-8(12-9)7(11)5-6-1-2-6;1-2/h6-9,11H,1-5H2;2H,1H3. The van der Waals surface area contributed by atoms with Crippen LogP contribution >= 0.6 is 0 Å². The molecule has 14 heavy (non-hydrogen) atoms. The maximum absolute atomic E-state index is 9.70. The van der Waals surface area contributed by atoms with Gasteiger partial charge < -0.3 is 14.9 Å². The van der Waals surface area contributed by atoms with Crippen LogP contribution in [0.15, 0.2) is 0 Å². The summed E-state index contributed by atoms with van der Waals surface area (Å²) in [6.45, 7) is 0. The second kappa shape index (κ2) is 5.74. The van der Waals surface area contributed by atoms with Crippen LogP contribution in [-0.4, -0.2) is 43.4 Å². The predicted octanol–water partition coefficient (Wildman–Crippen LogP) is 0.429. The Bertz CT molecular complexity index is 161. The minimum Gasteiger partial charge on any atom is -0.400 e. The molecule has 3 nitrogen and oxygen atoms in total. The molecule has 2 rings (SSSR count). The lowest BCUT2D eigenvalue weighted by Gasteiger charge is -2.17. The molecule has 1 aliphatic carbocycles. The largest absolute Gasteiger partial charge is 0.400 e. The zero-order chi connectivity index (χ0) is 10.6. The van der Waals surface area contributed by atoms with E-state index in [-0.39, 0.29) is 18.2 Å². The van der Waals surface area contributed by atoms with Crippen molar-refractivity contribution in [2.24, 2.45) is 5.92 Å². The minimum absolute atomic E-state index is 0.0144. The van der Waals surface area contributed by atoms with E-state index in [0.29, 0.717) is 0 Å². The lowest BCUT2D eigenvalue weighted by molar-refractivity contribution is -0.0181. The van der Waals surface area contributed by atoms with Crippen molar-refractivity contribution in [3.8, 4) is 0 Å². The third-order valence-corrected chi connectivity index (χ3v) is 2.79. The molecule has 80 valence electrons. The first-order valence-electron chi connectivity index (χ1n) is 5.29. The van der Waals surface area contributed by atoms with Crippen molar-refractivity contribution in [2.75, 3.05) is 7.11 Å². The maximum atomic E-state index is 9.70. The maximum Gasteiger partial charge on any atom is 0.109 e. The van der Waals surface area contributed by atoms with Gasteiger partial charge in [-0.25, -0.2) is 0 Å². The predicted molar refractivity (Wildman–Crippen MR) is 55.1 cm³/mol. The van der Waals surface area contributed by atoms with Crippen molar-refractivity contribution in [3.63, 3.8) is 0 Å². The van der Waals surface area contributed by atoms with Crippen LogP contribution in [0.2, 0.25) is 0 Å². The Morgan fingerprint density at radius 1 is 1.29 bits per heavy atom. The van der Waals surface area contributed by atoms with E-state index in [1.165, 1.54) is 12.8 Å². The van der Waals surface area contributed by atoms with Gasteiger partial charge in [0.05, 0.1) is 12.2 Å². The number of hydrogen-bond acceptors (Lipinski definition) is 3. The first-order chi connectivity index (χ1) is 6.75. The van der Waals surface area contributed by atoms with Gasteiger partial charge in [0.1, 0.15) is 7.85 Å². The van der Waals surface area contributed by atoms with Gasteiger partial charge in [-0.3, -0.25) is 0 Å². The van der Waals surface area contributed by atoms with Crippen LogP contribution in [0.25, 0.3) is 0 Å². The van der Waals surface area contributed by atoms with Crippen molar-refractivity contribution >= 4 is 7.85 Å². The van der Waals surface area contributed by atoms with E-state index in [9.17, 15) is 5.11 Å². The van der Waals surface area contributed by atoms with Crippen molar-refractivity contribution in [2.45, 2.75) is 50.3 Å². The second-order valence-electron chi connectivity index (χ2n) is 4.04. The summed E-state index contributed by atoms with van der Waals surface area (Å²) in [7, 11) is 6.58. The summed E-state index contributed by atoms with van der Waals surface area (Å²) < 4.78 is 5.38. The van der Waals surface area contributed by atoms with Crippen LogP contribution in [0.4, 0.5) is 0 Å². The van der Waals surface area contributed by atoms with Crippen molar-refractivity contribution in [1.82, 2.24) is 0 Å². The van der Waals surface area contributed by atoms with Gasteiger partial charge in [0.15, 0.2) is 0 Å². The SMILES string of the molecule is CO.[B]C1CCC(C(O)CC2CC2)O1. The molecule has 2 fully saturated rings. The Balaban J connectivity index is 0.000000461. The molecule has 1 aliphatic heterocycles. The zero-order valence-corrected chi connectivity index (χ0v) is 8.72. The summed E-state index contributed by atoms with van der Waals surface area (Å²) in [5.74, 6) is 0.764. The Morgan fingerprint density at radius 3 is 2.36 bits per heavy atom. The zero-order valence-electron chi connectivity index (χ0n) is 8.72. The van der Waals surface area contributed by atoms with Crippen molar-refractivity contribution in [1.29, 1.82) is 0 Å². The summed E-state index contributed by atoms with van der Waals surface area (Å²) in [6, 6.07) is -0.135. The average molecular weight is 198 g/mol. The van der Waals surface area contributed by atoms with E-state index in [2.05, 4.69) is 0 Å². The molecular formula is C10H19BO3. The van der Waals surface area contributed by atoms with Crippen molar-refractivity contribution < 1.29 is 14.9 Å². The van der Waals surface area contributed by atoms with E-state index in [4.69, 9.17) is 17.7 Å². The highest BCUT2D eigenvalue weighted by Crippen LogP contribution is 2.35. The van der Waals surface area contributed by atoms with Gasteiger partial charge in [-0.15, -0.1) is 0 Å². The molecule has 0 amide bonds. The van der Waals surface area contributed by atoms with Gasteiger partial charge in [-0.05, 0) is 25.2 Å². The lowest BCUT2D eigenvalue weighted by Crippen LogP contribution is -2.26. The van der Waals surface area contributed by atoms with Crippen LogP contribution in [0, 0.1) is 5.92 Å². The monoisotopic (exact) mass is 198 g/mol. The minimum atomic E-state index is -0.272. The number of aliphatic hydroxyl groups excluding tert-OH is 2. The Morgan fingerprint density at radius 2 is 1.93 bits per heavy atom. The third kappa shape index (κ3) is 3.60. The molecule has 4 heteroatoms. The van der Waals surface area contributed by atoms with E-state index in [1.54, 1.807) is 0 Å².